The average Bonchev–Trinajstić information content (AvgIpc) is 2.70. The topological polar surface area (TPSA) is 101 Å². The predicted octanol–water partition coefficient (Wildman–Crippen LogP) is 3.23. The second-order valence-corrected chi connectivity index (χ2v) is 6.32. The fraction of sp³-hybridized carbons (Fsp3) is 0.227. The minimum absolute atomic E-state index is 0.0316. The van der Waals surface area contributed by atoms with Crippen LogP contribution in [0.1, 0.15) is 40.1 Å². The number of aryl methyl sites for hydroxylation is 1. The summed E-state index contributed by atoms with van der Waals surface area (Å²) in [5, 5.41) is 15.1. The Bertz CT molecular complexity index is 1080. The van der Waals surface area contributed by atoms with Gasteiger partial charge in [0.25, 0.3) is 0 Å². The molecule has 0 radical (unpaired) electrons. The van der Waals surface area contributed by atoms with Crippen LogP contribution in [0.25, 0.3) is 10.9 Å². The summed E-state index contributed by atoms with van der Waals surface area (Å²) in [5.74, 6) is -1.18. The van der Waals surface area contributed by atoms with Gasteiger partial charge in [-0.3, -0.25) is 4.98 Å². The van der Waals surface area contributed by atoms with Crippen molar-refractivity contribution in [3.05, 3.63) is 59.3 Å². The number of anilines is 2. The molecule has 0 unspecified atom stereocenters. The van der Waals surface area contributed by atoms with Crippen molar-refractivity contribution in [3.63, 3.8) is 0 Å². The molecule has 0 aliphatic carbocycles. The zero-order chi connectivity index (χ0) is 21.0. The molecule has 7 heteroatoms. The molecule has 3 aromatic rings. The molecule has 3 rings (SSSR count). The third kappa shape index (κ3) is 4.29. The molecule has 150 valence electrons. The molecule has 1 N–H and O–H groups in total. The molecule has 0 atom stereocenters. The van der Waals surface area contributed by atoms with Crippen molar-refractivity contribution in [2.75, 3.05) is 18.5 Å². The number of fused-ring (bicyclic) bond motifs is 1. The van der Waals surface area contributed by atoms with Crippen molar-refractivity contribution in [2.45, 2.75) is 20.8 Å². The van der Waals surface area contributed by atoms with Gasteiger partial charge in [0, 0.05) is 17.3 Å². The molecule has 0 aliphatic heterocycles. The van der Waals surface area contributed by atoms with Crippen LogP contribution in [0.5, 0.6) is 5.75 Å². The molecule has 0 aliphatic rings. The standard InChI is InChI=1S/C22H22N2O5/c1-4-28-15-8-9-18-16(11-15)20(17(12-23-18)22(27)29-5-2)24-19-10-14(21(25)26)7-6-13(19)3/h6-12H,4-5H2,1-3H3,(H,23,24)(H,25,26)/p-1. The van der Waals surface area contributed by atoms with Gasteiger partial charge >= 0.3 is 5.97 Å². The number of carbonyl (C=O) groups excluding carboxylic acids is 2. The van der Waals surface area contributed by atoms with E-state index in [1.807, 2.05) is 13.8 Å². The van der Waals surface area contributed by atoms with Gasteiger partial charge in [0.05, 0.1) is 30.4 Å². The highest BCUT2D eigenvalue weighted by atomic mass is 16.5. The van der Waals surface area contributed by atoms with E-state index in [1.165, 1.54) is 18.3 Å². The lowest BCUT2D eigenvalue weighted by molar-refractivity contribution is -0.255. The van der Waals surface area contributed by atoms with Gasteiger partial charge < -0.3 is 24.7 Å². The van der Waals surface area contributed by atoms with Gasteiger partial charge in [0.2, 0.25) is 0 Å². The number of aromatic nitrogens is 1. The van der Waals surface area contributed by atoms with Crippen LogP contribution in [-0.2, 0) is 4.74 Å². The number of carbonyl (C=O) groups is 2. The van der Waals surface area contributed by atoms with Crippen molar-refractivity contribution >= 4 is 34.2 Å². The first-order valence-corrected chi connectivity index (χ1v) is 9.26. The maximum atomic E-state index is 12.5. The fourth-order valence-electron chi connectivity index (χ4n) is 2.94. The molecule has 1 aromatic heterocycles. The summed E-state index contributed by atoms with van der Waals surface area (Å²) >= 11 is 0. The third-order valence-electron chi connectivity index (χ3n) is 4.38. The van der Waals surface area contributed by atoms with E-state index < -0.39 is 11.9 Å². The summed E-state index contributed by atoms with van der Waals surface area (Å²) in [7, 11) is 0. The van der Waals surface area contributed by atoms with Gasteiger partial charge in [-0.2, -0.15) is 0 Å². The second kappa shape index (κ2) is 8.60. The van der Waals surface area contributed by atoms with Crippen LogP contribution in [-0.4, -0.2) is 30.1 Å². The number of ether oxygens (including phenoxy) is 2. The molecular formula is C22H21N2O5-. The molecular weight excluding hydrogens is 372 g/mol. The Morgan fingerprint density at radius 3 is 2.59 bits per heavy atom. The first-order chi connectivity index (χ1) is 13.9. The largest absolute Gasteiger partial charge is 0.545 e. The Balaban J connectivity index is 2.20. The zero-order valence-electron chi connectivity index (χ0n) is 16.4. The van der Waals surface area contributed by atoms with Crippen molar-refractivity contribution in [1.82, 2.24) is 4.98 Å². The van der Waals surface area contributed by atoms with Crippen molar-refractivity contribution in [1.29, 1.82) is 0 Å². The first-order valence-electron chi connectivity index (χ1n) is 9.26. The van der Waals surface area contributed by atoms with Crippen LogP contribution in [0, 0.1) is 6.92 Å². The number of pyridine rings is 1. The molecule has 7 nitrogen and oxygen atoms in total. The Kier molecular flexibility index (Phi) is 5.97. The van der Waals surface area contributed by atoms with Crippen LogP contribution in [0.4, 0.5) is 11.4 Å². The Labute approximate surface area is 168 Å². The molecule has 0 saturated carbocycles. The zero-order valence-corrected chi connectivity index (χ0v) is 16.4. The average molecular weight is 393 g/mol. The number of carboxylic acid groups (broad SMARTS) is 1. The van der Waals surface area contributed by atoms with Crippen molar-refractivity contribution < 1.29 is 24.2 Å². The lowest BCUT2D eigenvalue weighted by Gasteiger charge is -2.17. The van der Waals surface area contributed by atoms with Crippen molar-refractivity contribution in [2.24, 2.45) is 0 Å². The fourth-order valence-corrected chi connectivity index (χ4v) is 2.94. The number of hydrogen-bond acceptors (Lipinski definition) is 7. The lowest BCUT2D eigenvalue weighted by atomic mass is 10.1. The molecule has 0 fully saturated rings. The van der Waals surface area contributed by atoms with Gasteiger partial charge in [0.15, 0.2) is 0 Å². The van der Waals surface area contributed by atoms with Gasteiger partial charge in [-0.15, -0.1) is 0 Å². The third-order valence-corrected chi connectivity index (χ3v) is 4.38. The number of carboxylic acids is 1. The van der Waals surface area contributed by atoms with Crippen LogP contribution in [0.2, 0.25) is 0 Å². The Morgan fingerprint density at radius 2 is 1.90 bits per heavy atom. The van der Waals surface area contributed by atoms with Gasteiger partial charge in [-0.05, 0) is 56.2 Å². The van der Waals surface area contributed by atoms with Crippen LogP contribution in [0.15, 0.2) is 42.6 Å². The predicted molar refractivity (Wildman–Crippen MR) is 108 cm³/mol. The summed E-state index contributed by atoms with van der Waals surface area (Å²) in [5.41, 5.74) is 2.73. The normalized spacial score (nSPS) is 10.6. The number of nitrogens with zero attached hydrogens (tertiary/aromatic N) is 1. The maximum absolute atomic E-state index is 12.5. The van der Waals surface area contributed by atoms with Crippen LogP contribution < -0.4 is 15.2 Å². The van der Waals surface area contributed by atoms with E-state index in [1.54, 1.807) is 31.2 Å². The summed E-state index contributed by atoms with van der Waals surface area (Å²) < 4.78 is 10.8. The van der Waals surface area contributed by atoms with Crippen LogP contribution >= 0.6 is 0 Å². The minimum Gasteiger partial charge on any atom is -0.545 e. The molecule has 0 saturated heterocycles. The van der Waals surface area contributed by atoms with Crippen LogP contribution in [0.3, 0.4) is 0 Å². The second-order valence-electron chi connectivity index (χ2n) is 6.32. The van der Waals surface area contributed by atoms with E-state index in [9.17, 15) is 14.7 Å². The number of nitrogens with one attached hydrogen (secondary N) is 1. The number of rotatable bonds is 7. The summed E-state index contributed by atoms with van der Waals surface area (Å²) in [6.45, 7) is 6.15. The SMILES string of the molecule is CCOC(=O)c1cnc2ccc(OCC)cc2c1Nc1cc(C(=O)[O-])ccc1C. The summed E-state index contributed by atoms with van der Waals surface area (Å²) in [6, 6.07) is 10.00. The molecule has 0 spiro atoms. The van der Waals surface area contributed by atoms with E-state index in [2.05, 4.69) is 10.3 Å². The number of esters is 1. The number of hydrogen-bond donors (Lipinski definition) is 1. The Morgan fingerprint density at radius 1 is 1.10 bits per heavy atom. The van der Waals surface area contributed by atoms with E-state index in [4.69, 9.17) is 9.47 Å². The summed E-state index contributed by atoms with van der Waals surface area (Å²) in [6.07, 6.45) is 1.45. The highest BCUT2D eigenvalue weighted by Crippen LogP contribution is 2.33. The van der Waals surface area contributed by atoms with E-state index in [-0.39, 0.29) is 17.7 Å². The summed E-state index contributed by atoms with van der Waals surface area (Å²) in [4.78, 5) is 28.2. The van der Waals surface area contributed by atoms with Gasteiger partial charge in [-0.25, -0.2) is 4.79 Å². The highest BCUT2D eigenvalue weighted by molar-refractivity contribution is 6.06. The van der Waals surface area contributed by atoms with Gasteiger partial charge in [0.1, 0.15) is 11.3 Å². The Hall–Kier alpha value is -3.61. The monoisotopic (exact) mass is 393 g/mol. The smallest absolute Gasteiger partial charge is 0.341 e. The molecule has 2 aromatic carbocycles. The molecule has 0 amide bonds. The quantitative estimate of drug-likeness (QED) is 0.615. The van der Waals surface area contributed by atoms with E-state index >= 15 is 0 Å². The molecule has 0 bridgehead atoms. The minimum atomic E-state index is -1.28. The first kappa shape index (κ1) is 20.1. The van der Waals surface area contributed by atoms with Crippen molar-refractivity contribution in [3.8, 4) is 5.75 Å². The number of benzene rings is 2. The lowest BCUT2D eigenvalue weighted by Crippen LogP contribution is -2.22. The number of aromatic carboxylic acids is 1. The molecule has 29 heavy (non-hydrogen) atoms. The van der Waals surface area contributed by atoms with Gasteiger partial charge in [-0.1, -0.05) is 12.1 Å². The molecule has 1 heterocycles. The maximum Gasteiger partial charge on any atom is 0.341 e. The van der Waals surface area contributed by atoms with E-state index in [0.29, 0.717) is 34.6 Å². The highest BCUT2D eigenvalue weighted by Gasteiger charge is 2.18. The van der Waals surface area contributed by atoms with E-state index in [0.717, 1.165) is 5.56 Å².